The SMILES string of the molecule is COc1ccc(-c2nc(CCNC(=O)Cn3nc(-c4cccc5ccccc45)ccc3=O)cs2)cc1. The first kappa shape index (κ1) is 23.4. The Morgan fingerprint density at radius 3 is 2.64 bits per heavy atom. The number of hydrogen-bond acceptors (Lipinski definition) is 6. The summed E-state index contributed by atoms with van der Waals surface area (Å²) in [6.07, 6.45) is 0.594. The van der Waals surface area contributed by atoms with Gasteiger partial charge < -0.3 is 10.1 Å². The number of ether oxygens (including phenoxy) is 1. The van der Waals surface area contributed by atoms with Crippen LogP contribution in [0, 0.1) is 0 Å². The van der Waals surface area contributed by atoms with Crippen LogP contribution in [0.15, 0.2) is 89.0 Å². The molecule has 0 radical (unpaired) electrons. The topological polar surface area (TPSA) is 86.1 Å². The summed E-state index contributed by atoms with van der Waals surface area (Å²) in [5.74, 6) is 0.528. The van der Waals surface area contributed by atoms with Gasteiger partial charge in [0, 0.05) is 35.5 Å². The third-order valence-corrected chi connectivity index (χ3v) is 6.76. The molecule has 0 saturated carbocycles. The summed E-state index contributed by atoms with van der Waals surface area (Å²) in [5.41, 5.74) is 3.16. The molecular weight excluding hydrogens is 472 g/mol. The minimum absolute atomic E-state index is 0.147. The molecule has 0 atom stereocenters. The zero-order valence-electron chi connectivity index (χ0n) is 19.7. The van der Waals surface area contributed by atoms with Crippen LogP contribution in [0.2, 0.25) is 0 Å². The van der Waals surface area contributed by atoms with Crippen LogP contribution in [-0.4, -0.2) is 34.3 Å². The number of hydrogen-bond donors (Lipinski definition) is 1. The van der Waals surface area contributed by atoms with E-state index in [-0.39, 0.29) is 18.0 Å². The fraction of sp³-hybridized carbons (Fsp3) is 0.143. The molecule has 3 aromatic carbocycles. The number of nitrogens with one attached hydrogen (secondary N) is 1. The number of rotatable bonds is 8. The molecule has 5 rings (SSSR count). The van der Waals surface area contributed by atoms with E-state index in [1.54, 1.807) is 24.5 Å². The second-order valence-electron chi connectivity index (χ2n) is 8.21. The van der Waals surface area contributed by atoms with Crippen molar-refractivity contribution < 1.29 is 9.53 Å². The van der Waals surface area contributed by atoms with Gasteiger partial charge in [0.1, 0.15) is 17.3 Å². The van der Waals surface area contributed by atoms with E-state index in [1.807, 2.05) is 72.1 Å². The van der Waals surface area contributed by atoms with E-state index in [4.69, 9.17) is 4.74 Å². The predicted molar refractivity (Wildman–Crippen MR) is 142 cm³/mol. The largest absolute Gasteiger partial charge is 0.497 e. The zero-order valence-corrected chi connectivity index (χ0v) is 20.5. The van der Waals surface area contributed by atoms with Crippen molar-refractivity contribution in [3.63, 3.8) is 0 Å². The number of carbonyl (C=O) groups is 1. The highest BCUT2D eigenvalue weighted by molar-refractivity contribution is 7.13. The Hall–Kier alpha value is -4.30. The maximum Gasteiger partial charge on any atom is 0.267 e. The number of nitrogens with zero attached hydrogens (tertiary/aromatic N) is 3. The second-order valence-corrected chi connectivity index (χ2v) is 9.07. The molecule has 0 aliphatic carbocycles. The molecule has 1 N–H and O–H groups in total. The van der Waals surface area contributed by atoms with Crippen LogP contribution in [-0.2, 0) is 17.8 Å². The monoisotopic (exact) mass is 496 g/mol. The molecule has 0 aliphatic heterocycles. The van der Waals surface area contributed by atoms with Crippen molar-refractivity contribution in [3.8, 4) is 27.6 Å². The molecule has 7 nitrogen and oxygen atoms in total. The van der Waals surface area contributed by atoms with E-state index in [0.29, 0.717) is 18.7 Å². The first-order valence-electron chi connectivity index (χ1n) is 11.5. The Labute approximate surface area is 212 Å². The molecule has 36 heavy (non-hydrogen) atoms. The van der Waals surface area contributed by atoms with Gasteiger partial charge in [-0.1, -0.05) is 42.5 Å². The Morgan fingerprint density at radius 1 is 1.00 bits per heavy atom. The summed E-state index contributed by atoms with van der Waals surface area (Å²) >= 11 is 1.56. The number of benzene rings is 3. The number of aromatic nitrogens is 3. The number of carbonyl (C=O) groups excluding carboxylic acids is 1. The smallest absolute Gasteiger partial charge is 0.267 e. The highest BCUT2D eigenvalue weighted by atomic mass is 32.1. The molecule has 2 aromatic heterocycles. The fourth-order valence-corrected chi connectivity index (χ4v) is 4.82. The third-order valence-electron chi connectivity index (χ3n) is 5.82. The van der Waals surface area contributed by atoms with Crippen molar-refractivity contribution in [1.29, 1.82) is 0 Å². The van der Waals surface area contributed by atoms with Crippen LogP contribution in [0.4, 0.5) is 0 Å². The molecular formula is C28H24N4O3S. The number of thiazole rings is 1. The minimum atomic E-state index is -0.322. The minimum Gasteiger partial charge on any atom is -0.497 e. The van der Waals surface area contributed by atoms with Crippen LogP contribution < -0.4 is 15.6 Å². The summed E-state index contributed by atoms with van der Waals surface area (Å²) < 4.78 is 6.40. The van der Waals surface area contributed by atoms with Crippen LogP contribution in [0.1, 0.15) is 5.69 Å². The molecule has 0 bridgehead atoms. The molecule has 0 spiro atoms. The number of fused-ring (bicyclic) bond motifs is 1. The summed E-state index contributed by atoms with van der Waals surface area (Å²) in [5, 5.41) is 12.4. The molecule has 1 amide bonds. The predicted octanol–water partition coefficient (Wildman–Crippen LogP) is 4.55. The number of amides is 1. The van der Waals surface area contributed by atoms with Crippen LogP contribution in [0.5, 0.6) is 5.75 Å². The Bertz CT molecular complexity index is 1570. The van der Waals surface area contributed by atoms with Crippen molar-refractivity contribution in [2.24, 2.45) is 0 Å². The van der Waals surface area contributed by atoms with Crippen molar-refractivity contribution >= 4 is 28.0 Å². The fourth-order valence-electron chi connectivity index (χ4n) is 3.96. The van der Waals surface area contributed by atoms with Crippen molar-refractivity contribution in [2.75, 3.05) is 13.7 Å². The number of methoxy groups -OCH3 is 1. The van der Waals surface area contributed by atoms with Crippen LogP contribution in [0.25, 0.3) is 32.6 Å². The van der Waals surface area contributed by atoms with E-state index >= 15 is 0 Å². The average molecular weight is 497 g/mol. The average Bonchev–Trinajstić information content (AvgIpc) is 3.38. The lowest BCUT2D eigenvalue weighted by Crippen LogP contribution is -2.34. The van der Waals surface area contributed by atoms with Crippen molar-refractivity contribution in [3.05, 3.63) is 100 Å². The normalized spacial score (nSPS) is 10.9. The maximum absolute atomic E-state index is 12.6. The standard InChI is InChI=1S/C28H24N4O3S/c1-35-22-11-9-20(10-12-22)28-30-21(18-36-28)15-16-29-26(33)17-32-27(34)14-13-25(31-32)24-8-4-6-19-5-2-3-7-23(19)24/h2-14,18H,15-17H2,1H3,(H,29,33). The van der Waals surface area contributed by atoms with Crippen LogP contribution in [0.3, 0.4) is 0 Å². The van der Waals surface area contributed by atoms with Gasteiger partial charge in [0.25, 0.3) is 5.56 Å². The molecule has 0 unspecified atom stereocenters. The summed E-state index contributed by atoms with van der Waals surface area (Å²) in [6.45, 7) is 0.272. The van der Waals surface area contributed by atoms with E-state index in [0.717, 1.165) is 38.4 Å². The summed E-state index contributed by atoms with van der Waals surface area (Å²) in [7, 11) is 1.64. The van der Waals surface area contributed by atoms with Gasteiger partial charge in [0.15, 0.2) is 0 Å². The van der Waals surface area contributed by atoms with Gasteiger partial charge in [-0.05, 0) is 41.1 Å². The van der Waals surface area contributed by atoms with Gasteiger partial charge in [-0.15, -0.1) is 11.3 Å². The Morgan fingerprint density at radius 2 is 1.81 bits per heavy atom. The quantitative estimate of drug-likeness (QED) is 0.341. The van der Waals surface area contributed by atoms with E-state index in [9.17, 15) is 9.59 Å². The second kappa shape index (κ2) is 10.5. The van der Waals surface area contributed by atoms with E-state index in [2.05, 4.69) is 15.4 Å². The zero-order chi connectivity index (χ0) is 24.9. The highest BCUT2D eigenvalue weighted by Crippen LogP contribution is 2.27. The first-order valence-corrected chi connectivity index (χ1v) is 12.4. The molecule has 0 fully saturated rings. The molecule has 5 aromatic rings. The molecule has 8 heteroatoms. The lowest BCUT2D eigenvalue weighted by atomic mass is 10.0. The van der Waals surface area contributed by atoms with Gasteiger partial charge in [-0.3, -0.25) is 9.59 Å². The first-order chi connectivity index (χ1) is 17.6. The van der Waals surface area contributed by atoms with E-state index < -0.39 is 0 Å². The van der Waals surface area contributed by atoms with E-state index in [1.165, 1.54) is 10.7 Å². The van der Waals surface area contributed by atoms with Gasteiger partial charge in [-0.25, -0.2) is 9.67 Å². The Balaban J connectivity index is 1.21. The Kier molecular flexibility index (Phi) is 6.86. The van der Waals surface area contributed by atoms with Crippen molar-refractivity contribution in [2.45, 2.75) is 13.0 Å². The van der Waals surface area contributed by atoms with Gasteiger partial charge in [0.2, 0.25) is 5.91 Å². The van der Waals surface area contributed by atoms with Gasteiger partial charge >= 0.3 is 0 Å². The molecule has 0 aliphatic rings. The summed E-state index contributed by atoms with van der Waals surface area (Å²) in [4.78, 5) is 29.6. The lowest BCUT2D eigenvalue weighted by molar-refractivity contribution is -0.121. The molecule has 180 valence electrons. The highest BCUT2D eigenvalue weighted by Gasteiger charge is 2.11. The van der Waals surface area contributed by atoms with Gasteiger partial charge in [-0.2, -0.15) is 5.10 Å². The third kappa shape index (κ3) is 5.18. The molecule has 0 saturated heterocycles. The van der Waals surface area contributed by atoms with Crippen molar-refractivity contribution in [1.82, 2.24) is 20.1 Å². The summed E-state index contributed by atoms with van der Waals surface area (Å²) in [6, 6.07) is 24.9. The van der Waals surface area contributed by atoms with Crippen LogP contribution >= 0.6 is 11.3 Å². The lowest BCUT2D eigenvalue weighted by Gasteiger charge is -2.10. The maximum atomic E-state index is 12.6. The van der Waals surface area contributed by atoms with Gasteiger partial charge in [0.05, 0.1) is 18.5 Å². The molecule has 2 heterocycles.